The van der Waals surface area contributed by atoms with Crippen LogP contribution in [-0.2, 0) is 25.4 Å². The van der Waals surface area contributed by atoms with Crippen molar-refractivity contribution >= 4 is 21.8 Å². The number of carbonyl (C=O) groups is 2. The summed E-state index contributed by atoms with van der Waals surface area (Å²) in [6, 6.07) is 8.91. The van der Waals surface area contributed by atoms with Gasteiger partial charge in [-0.25, -0.2) is 8.42 Å². The fraction of sp³-hybridized carbons (Fsp3) is 0.600. The molecule has 0 spiro atoms. The van der Waals surface area contributed by atoms with E-state index in [2.05, 4.69) is 5.32 Å². The zero-order valence-electron chi connectivity index (χ0n) is 17.7. The first kappa shape index (κ1) is 23.3. The Balaban J connectivity index is 1.81. The zero-order valence-corrected chi connectivity index (χ0v) is 18.5. The number of piperazine rings is 1. The SMILES string of the molecule is CN(CC(=O)N1CCN(CC(=O)NC(C)(C)C)CC1)S(=O)(=O)Cc1ccccc1. The Morgan fingerprint density at radius 1 is 1.07 bits per heavy atom. The van der Waals surface area contributed by atoms with Gasteiger partial charge in [0.15, 0.2) is 0 Å². The number of hydrogen-bond donors (Lipinski definition) is 1. The highest BCUT2D eigenvalue weighted by molar-refractivity contribution is 7.88. The standard InChI is InChI=1S/C20H32N4O4S/c1-20(2,3)21-18(25)14-23-10-12-24(13-11-23)19(26)15-22(4)29(27,28)16-17-8-6-5-7-9-17/h5-9H,10-16H2,1-4H3,(H,21,25). The monoisotopic (exact) mass is 424 g/mol. The minimum Gasteiger partial charge on any atom is -0.350 e. The van der Waals surface area contributed by atoms with Crippen LogP contribution in [-0.4, -0.2) is 86.2 Å². The Labute approximate surface area is 173 Å². The number of carbonyl (C=O) groups excluding carboxylic acids is 2. The molecule has 1 N–H and O–H groups in total. The lowest BCUT2D eigenvalue weighted by Crippen LogP contribution is -2.54. The minimum absolute atomic E-state index is 0.0379. The minimum atomic E-state index is -3.57. The molecule has 0 bridgehead atoms. The van der Waals surface area contributed by atoms with Crippen LogP contribution in [0, 0.1) is 0 Å². The molecule has 2 amide bonds. The van der Waals surface area contributed by atoms with Crippen LogP contribution in [0.2, 0.25) is 0 Å². The fourth-order valence-corrected chi connectivity index (χ4v) is 4.24. The molecule has 1 aromatic rings. The van der Waals surface area contributed by atoms with Crippen LogP contribution in [0.4, 0.5) is 0 Å². The number of rotatable bonds is 7. The van der Waals surface area contributed by atoms with E-state index in [0.29, 0.717) is 38.3 Å². The van der Waals surface area contributed by atoms with Crippen molar-refractivity contribution in [3.63, 3.8) is 0 Å². The second-order valence-electron chi connectivity index (χ2n) is 8.45. The molecule has 0 unspecified atom stereocenters. The third-order valence-corrected chi connectivity index (χ3v) is 6.41. The van der Waals surface area contributed by atoms with Crippen LogP contribution in [0.25, 0.3) is 0 Å². The molecule has 0 aliphatic carbocycles. The van der Waals surface area contributed by atoms with Gasteiger partial charge in [-0.15, -0.1) is 0 Å². The van der Waals surface area contributed by atoms with Gasteiger partial charge in [-0.05, 0) is 26.3 Å². The van der Waals surface area contributed by atoms with Gasteiger partial charge in [0.05, 0.1) is 18.8 Å². The average Bonchev–Trinajstić information content (AvgIpc) is 2.61. The number of likely N-dealkylation sites (N-methyl/N-ethyl adjacent to an activating group) is 1. The van der Waals surface area contributed by atoms with Gasteiger partial charge in [-0.2, -0.15) is 4.31 Å². The zero-order chi connectivity index (χ0) is 21.7. The molecular formula is C20H32N4O4S. The van der Waals surface area contributed by atoms with Gasteiger partial charge in [-0.3, -0.25) is 14.5 Å². The quantitative estimate of drug-likeness (QED) is 0.689. The van der Waals surface area contributed by atoms with Crippen LogP contribution in [0.5, 0.6) is 0 Å². The molecule has 1 saturated heterocycles. The van der Waals surface area contributed by atoms with Gasteiger partial charge in [0.25, 0.3) is 0 Å². The Hall–Kier alpha value is -1.97. The lowest BCUT2D eigenvalue weighted by molar-refractivity contribution is -0.133. The molecule has 29 heavy (non-hydrogen) atoms. The molecule has 0 aromatic heterocycles. The van der Waals surface area contributed by atoms with Crippen molar-refractivity contribution in [1.29, 1.82) is 0 Å². The maximum absolute atomic E-state index is 12.5. The molecule has 1 heterocycles. The summed E-state index contributed by atoms with van der Waals surface area (Å²) in [6.07, 6.45) is 0. The summed E-state index contributed by atoms with van der Waals surface area (Å²) >= 11 is 0. The molecule has 1 aliphatic rings. The van der Waals surface area contributed by atoms with Crippen LogP contribution in [0.15, 0.2) is 30.3 Å². The topological polar surface area (TPSA) is 90.0 Å². The van der Waals surface area contributed by atoms with E-state index < -0.39 is 10.0 Å². The summed E-state index contributed by atoms with van der Waals surface area (Å²) in [5.41, 5.74) is 0.416. The van der Waals surface area contributed by atoms with E-state index in [9.17, 15) is 18.0 Å². The molecule has 1 fully saturated rings. The van der Waals surface area contributed by atoms with E-state index in [4.69, 9.17) is 0 Å². The molecule has 8 nitrogen and oxygen atoms in total. The van der Waals surface area contributed by atoms with Gasteiger partial charge in [0.2, 0.25) is 21.8 Å². The lowest BCUT2D eigenvalue weighted by atomic mass is 10.1. The second-order valence-corrected chi connectivity index (χ2v) is 10.5. The summed E-state index contributed by atoms with van der Waals surface area (Å²) in [7, 11) is -2.13. The van der Waals surface area contributed by atoms with Gasteiger partial charge in [0.1, 0.15) is 0 Å². The molecule has 1 aliphatic heterocycles. The number of benzene rings is 1. The predicted octanol–water partition coefficient (Wildman–Crippen LogP) is 0.507. The third kappa shape index (κ3) is 7.75. The lowest BCUT2D eigenvalue weighted by Gasteiger charge is -2.35. The highest BCUT2D eigenvalue weighted by Crippen LogP contribution is 2.10. The number of hydrogen-bond acceptors (Lipinski definition) is 5. The van der Waals surface area contributed by atoms with Crippen LogP contribution in [0.3, 0.4) is 0 Å². The van der Waals surface area contributed by atoms with Crippen molar-refractivity contribution < 1.29 is 18.0 Å². The molecule has 0 atom stereocenters. The number of amides is 2. The number of sulfonamides is 1. The molecule has 0 saturated carbocycles. The molecule has 162 valence electrons. The van der Waals surface area contributed by atoms with E-state index in [1.165, 1.54) is 7.05 Å². The molecule has 2 rings (SSSR count). The Kier molecular flexibility index (Phi) is 7.79. The van der Waals surface area contributed by atoms with Crippen molar-refractivity contribution in [3.05, 3.63) is 35.9 Å². The summed E-state index contributed by atoms with van der Waals surface area (Å²) in [4.78, 5) is 28.2. The smallest absolute Gasteiger partial charge is 0.237 e. The summed E-state index contributed by atoms with van der Waals surface area (Å²) in [5.74, 6) is -0.388. The first-order chi connectivity index (χ1) is 13.5. The highest BCUT2D eigenvalue weighted by atomic mass is 32.2. The van der Waals surface area contributed by atoms with Crippen molar-refractivity contribution in [2.45, 2.75) is 32.1 Å². The predicted molar refractivity (Wildman–Crippen MR) is 113 cm³/mol. The first-order valence-electron chi connectivity index (χ1n) is 9.75. The maximum Gasteiger partial charge on any atom is 0.237 e. The van der Waals surface area contributed by atoms with Crippen molar-refractivity contribution in [1.82, 2.24) is 19.4 Å². The van der Waals surface area contributed by atoms with Gasteiger partial charge in [-0.1, -0.05) is 30.3 Å². The largest absolute Gasteiger partial charge is 0.350 e. The van der Waals surface area contributed by atoms with Crippen molar-refractivity contribution in [3.8, 4) is 0 Å². The number of nitrogens with one attached hydrogen (secondary N) is 1. The summed E-state index contributed by atoms with van der Waals surface area (Å²) in [5, 5.41) is 2.93. The van der Waals surface area contributed by atoms with Crippen LogP contribution >= 0.6 is 0 Å². The van der Waals surface area contributed by atoms with Crippen LogP contribution < -0.4 is 5.32 Å². The van der Waals surface area contributed by atoms with E-state index >= 15 is 0 Å². The van der Waals surface area contributed by atoms with Gasteiger partial charge < -0.3 is 10.2 Å². The van der Waals surface area contributed by atoms with E-state index in [1.54, 1.807) is 29.2 Å². The molecule has 9 heteroatoms. The third-order valence-electron chi connectivity index (χ3n) is 4.63. The molecule has 0 radical (unpaired) electrons. The number of nitrogens with zero attached hydrogens (tertiary/aromatic N) is 3. The normalized spacial score (nSPS) is 16.1. The Morgan fingerprint density at radius 3 is 2.21 bits per heavy atom. The fourth-order valence-electron chi connectivity index (χ4n) is 3.10. The van der Waals surface area contributed by atoms with E-state index in [-0.39, 0.29) is 29.7 Å². The van der Waals surface area contributed by atoms with E-state index in [1.807, 2.05) is 31.7 Å². The summed E-state index contributed by atoms with van der Waals surface area (Å²) in [6.45, 7) is 8.05. The molecule has 1 aromatic carbocycles. The van der Waals surface area contributed by atoms with Crippen LogP contribution in [0.1, 0.15) is 26.3 Å². The van der Waals surface area contributed by atoms with Crippen molar-refractivity contribution in [2.75, 3.05) is 46.3 Å². The second kappa shape index (κ2) is 9.69. The first-order valence-corrected chi connectivity index (χ1v) is 11.4. The van der Waals surface area contributed by atoms with E-state index in [0.717, 1.165) is 4.31 Å². The van der Waals surface area contributed by atoms with Gasteiger partial charge >= 0.3 is 0 Å². The highest BCUT2D eigenvalue weighted by Gasteiger charge is 2.27. The summed E-state index contributed by atoms with van der Waals surface area (Å²) < 4.78 is 26.1. The van der Waals surface area contributed by atoms with Gasteiger partial charge in [0, 0.05) is 38.8 Å². The Morgan fingerprint density at radius 2 is 1.66 bits per heavy atom. The average molecular weight is 425 g/mol. The Bertz CT molecular complexity index is 798. The maximum atomic E-state index is 12.5. The van der Waals surface area contributed by atoms with Crippen molar-refractivity contribution in [2.24, 2.45) is 0 Å². The molecular weight excluding hydrogens is 392 g/mol.